The van der Waals surface area contributed by atoms with Gasteiger partial charge in [-0.1, -0.05) is 9.64 Å². The summed E-state index contributed by atoms with van der Waals surface area (Å²) in [4.78, 5) is 13.8. The van der Waals surface area contributed by atoms with Crippen molar-refractivity contribution in [1.29, 1.82) is 0 Å². The lowest BCUT2D eigenvalue weighted by atomic mass is 9.94. The van der Waals surface area contributed by atoms with Crippen molar-refractivity contribution in [2.75, 3.05) is 19.3 Å². The van der Waals surface area contributed by atoms with E-state index in [9.17, 15) is 4.79 Å². The molecule has 1 aromatic heterocycles. The van der Waals surface area contributed by atoms with Crippen LogP contribution in [0, 0.1) is 0 Å². The minimum Gasteiger partial charge on any atom is -0.409 e. The van der Waals surface area contributed by atoms with Crippen molar-refractivity contribution in [2.24, 2.45) is 10.9 Å². The third-order valence-electron chi connectivity index (χ3n) is 3.40. The Bertz CT molecular complexity index is 468. The molecule has 2 heterocycles. The largest absolute Gasteiger partial charge is 0.409 e. The summed E-state index contributed by atoms with van der Waals surface area (Å²) >= 11 is 2.72. The van der Waals surface area contributed by atoms with Gasteiger partial charge in [0.15, 0.2) is 11.5 Å². The van der Waals surface area contributed by atoms with Gasteiger partial charge in [-0.2, -0.15) is 11.8 Å². The molecule has 1 amide bonds. The van der Waals surface area contributed by atoms with E-state index in [0.29, 0.717) is 31.6 Å². The highest BCUT2D eigenvalue weighted by atomic mass is 32.2. The number of thioether (sulfide) groups is 1. The van der Waals surface area contributed by atoms with E-state index in [2.05, 4.69) is 14.7 Å². The van der Waals surface area contributed by atoms with Gasteiger partial charge < -0.3 is 15.8 Å². The fourth-order valence-electron chi connectivity index (χ4n) is 2.15. The van der Waals surface area contributed by atoms with Crippen LogP contribution in [0.1, 0.15) is 23.3 Å². The number of piperidine rings is 1. The molecule has 0 atom stereocenters. The van der Waals surface area contributed by atoms with Gasteiger partial charge in [-0.25, -0.2) is 0 Å². The smallest absolute Gasteiger partial charge is 0.275 e. The molecule has 1 saturated heterocycles. The molecule has 0 saturated carbocycles. The van der Waals surface area contributed by atoms with Gasteiger partial charge in [-0.15, -0.1) is 5.10 Å². The van der Waals surface area contributed by atoms with Crippen LogP contribution in [0.3, 0.4) is 0 Å². The highest BCUT2D eigenvalue weighted by molar-refractivity contribution is 8.00. The van der Waals surface area contributed by atoms with Crippen LogP contribution in [0.2, 0.25) is 0 Å². The first-order valence-electron chi connectivity index (χ1n) is 5.72. The van der Waals surface area contributed by atoms with Gasteiger partial charge in [-0.3, -0.25) is 4.79 Å². The zero-order valence-electron chi connectivity index (χ0n) is 10.4. The SMILES string of the molecule is CSC1(C(N)=NO)CCN(C(=O)c2csnn2)CC1. The molecule has 19 heavy (non-hydrogen) atoms. The number of nitrogens with two attached hydrogens (primary N) is 1. The number of oxime groups is 1. The van der Waals surface area contributed by atoms with E-state index in [4.69, 9.17) is 10.9 Å². The molecule has 104 valence electrons. The van der Waals surface area contributed by atoms with Crippen LogP contribution in [0.15, 0.2) is 10.5 Å². The summed E-state index contributed by atoms with van der Waals surface area (Å²) in [6.45, 7) is 1.13. The number of hydrogen-bond donors (Lipinski definition) is 2. The standard InChI is InChI=1S/C10H15N5O2S2/c1-18-10(9(11)13-17)2-4-15(5-3-10)8(16)7-6-19-14-12-7/h6,17H,2-5H2,1H3,(H2,11,13). The van der Waals surface area contributed by atoms with E-state index >= 15 is 0 Å². The van der Waals surface area contributed by atoms with Crippen LogP contribution in [0.25, 0.3) is 0 Å². The van der Waals surface area contributed by atoms with E-state index in [1.807, 2.05) is 6.26 Å². The van der Waals surface area contributed by atoms with E-state index < -0.39 is 0 Å². The minimum absolute atomic E-state index is 0.108. The van der Waals surface area contributed by atoms with Crippen molar-refractivity contribution in [3.8, 4) is 0 Å². The first-order valence-corrected chi connectivity index (χ1v) is 7.78. The average molecular weight is 301 g/mol. The van der Waals surface area contributed by atoms with E-state index in [-0.39, 0.29) is 16.5 Å². The van der Waals surface area contributed by atoms with Gasteiger partial charge in [-0.05, 0) is 30.6 Å². The van der Waals surface area contributed by atoms with Gasteiger partial charge in [0.25, 0.3) is 5.91 Å². The summed E-state index contributed by atoms with van der Waals surface area (Å²) in [5.41, 5.74) is 6.14. The highest BCUT2D eigenvalue weighted by Crippen LogP contribution is 2.35. The maximum Gasteiger partial charge on any atom is 0.275 e. The first kappa shape index (κ1) is 14.1. The van der Waals surface area contributed by atoms with E-state index in [1.54, 1.807) is 22.0 Å². The number of amides is 1. The van der Waals surface area contributed by atoms with Crippen LogP contribution < -0.4 is 5.73 Å². The molecule has 0 aliphatic carbocycles. The van der Waals surface area contributed by atoms with E-state index in [1.165, 1.54) is 0 Å². The number of amidine groups is 1. The van der Waals surface area contributed by atoms with Crippen LogP contribution in [-0.2, 0) is 0 Å². The predicted octanol–water partition coefficient (Wildman–Crippen LogP) is 0.622. The zero-order valence-corrected chi connectivity index (χ0v) is 12.1. The normalized spacial score (nSPS) is 19.4. The molecule has 1 aliphatic rings. The summed E-state index contributed by atoms with van der Waals surface area (Å²) in [5.74, 6) is 0.116. The number of carbonyl (C=O) groups excluding carboxylic acids is 1. The van der Waals surface area contributed by atoms with Crippen LogP contribution in [-0.4, -0.2) is 55.5 Å². The van der Waals surface area contributed by atoms with Gasteiger partial charge >= 0.3 is 0 Å². The lowest BCUT2D eigenvalue weighted by molar-refractivity contribution is 0.0712. The van der Waals surface area contributed by atoms with Crippen molar-refractivity contribution in [3.63, 3.8) is 0 Å². The molecular weight excluding hydrogens is 286 g/mol. The molecule has 9 heteroatoms. The quantitative estimate of drug-likeness (QED) is 0.367. The number of hydrogen-bond acceptors (Lipinski definition) is 7. The minimum atomic E-state index is -0.383. The maximum absolute atomic E-state index is 12.1. The number of rotatable bonds is 3. The summed E-state index contributed by atoms with van der Waals surface area (Å²) in [5, 5.41) is 17.4. The molecule has 7 nitrogen and oxygen atoms in total. The highest BCUT2D eigenvalue weighted by Gasteiger charge is 2.39. The number of carbonyl (C=O) groups is 1. The molecule has 0 unspecified atom stereocenters. The Morgan fingerprint density at radius 3 is 2.79 bits per heavy atom. The van der Waals surface area contributed by atoms with Crippen molar-refractivity contribution in [2.45, 2.75) is 17.6 Å². The number of nitrogens with zero attached hydrogens (tertiary/aromatic N) is 4. The third kappa shape index (κ3) is 2.66. The monoisotopic (exact) mass is 301 g/mol. The van der Waals surface area contributed by atoms with Crippen molar-refractivity contribution in [3.05, 3.63) is 11.1 Å². The summed E-state index contributed by atoms with van der Waals surface area (Å²) < 4.78 is 3.31. The number of likely N-dealkylation sites (tertiary alicyclic amines) is 1. The molecule has 0 aromatic carbocycles. The van der Waals surface area contributed by atoms with Crippen LogP contribution >= 0.6 is 23.3 Å². The van der Waals surface area contributed by atoms with Gasteiger partial charge in [0.2, 0.25) is 0 Å². The molecule has 1 aromatic rings. The van der Waals surface area contributed by atoms with E-state index in [0.717, 1.165) is 11.5 Å². The Balaban J connectivity index is 2.04. The van der Waals surface area contributed by atoms with Gasteiger partial charge in [0, 0.05) is 18.5 Å². The second-order valence-corrected chi connectivity index (χ2v) is 6.07. The summed E-state index contributed by atoms with van der Waals surface area (Å²) in [6.07, 6.45) is 3.25. The summed E-state index contributed by atoms with van der Waals surface area (Å²) in [7, 11) is 0. The van der Waals surface area contributed by atoms with Crippen LogP contribution in [0.5, 0.6) is 0 Å². The fraction of sp³-hybridized carbons (Fsp3) is 0.600. The Hall–Kier alpha value is -1.35. The van der Waals surface area contributed by atoms with Gasteiger partial charge in [0.1, 0.15) is 0 Å². The third-order valence-corrected chi connectivity index (χ3v) is 5.31. The number of aromatic nitrogens is 2. The average Bonchev–Trinajstić information content (AvgIpc) is 3.00. The Morgan fingerprint density at radius 1 is 1.63 bits per heavy atom. The van der Waals surface area contributed by atoms with Crippen molar-refractivity contribution in [1.82, 2.24) is 14.5 Å². The Morgan fingerprint density at radius 2 is 2.32 bits per heavy atom. The van der Waals surface area contributed by atoms with Crippen molar-refractivity contribution >= 4 is 35.0 Å². The maximum atomic E-state index is 12.1. The van der Waals surface area contributed by atoms with Gasteiger partial charge in [0.05, 0.1) is 4.75 Å². The molecule has 2 rings (SSSR count). The molecule has 1 fully saturated rings. The lowest BCUT2D eigenvalue weighted by Crippen LogP contribution is -2.51. The van der Waals surface area contributed by atoms with Crippen LogP contribution in [0.4, 0.5) is 0 Å². The Kier molecular flexibility index (Phi) is 4.25. The lowest BCUT2D eigenvalue weighted by Gasteiger charge is -2.39. The molecule has 0 bridgehead atoms. The molecular formula is C10H15N5O2S2. The summed E-state index contributed by atoms with van der Waals surface area (Å²) in [6, 6.07) is 0. The molecule has 0 spiro atoms. The second-order valence-electron chi connectivity index (χ2n) is 4.27. The predicted molar refractivity (Wildman–Crippen MR) is 74.7 cm³/mol. The van der Waals surface area contributed by atoms with Crippen molar-refractivity contribution < 1.29 is 10.0 Å². The molecule has 1 aliphatic heterocycles. The molecule has 3 N–H and O–H groups in total. The molecule has 0 radical (unpaired) electrons. The first-order chi connectivity index (χ1) is 9.13. The Labute approximate surface area is 119 Å². The zero-order chi connectivity index (χ0) is 13.9. The second kappa shape index (κ2) is 5.74. The fourth-order valence-corrected chi connectivity index (χ4v) is 3.42. The topological polar surface area (TPSA) is 105 Å².